The average molecular weight is 321 g/mol. The smallest absolute Gasteiger partial charge is 0.0684 e. The fraction of sp³-hybridized carbons (Fsp3) is 0.455. The summed E-state index contributed by atoms with van der Waals surface area (Å²) in [6.45, 7) is 4.50. The van der Waals surface area contributed by atoms with Gasteiger partial charge >= 0.3 is 0 Å². The second-order valence-electron chi connectivity index (χ2n) is 7.62. The molecule has 1 N–H and O–H groups in total. The van der Waals surface area contributed by atoms with Crippen LogP contribution in [0.2, 0.25) is 0 Å². The summed E-state index contributed by atoms with van der Waals surface area (Å²) in [6, 6.07) is 16.2. The van der Waals surface area contributed by atoms with Crippen molar-refractivity contribution in [3.05, 3.63) is 70.3 Å². The van der Waals surface area contributed by atoms with Crippen LogP contribution in [-0.2, 0) is 26.0 Å². The van der Waals surface area contributed by atoms with Crippen molar-refractivity contribution < 1.29 is 5.11 Å². The Kier molecular flexibility index (Phi) is 4.43. The number of fused-ring (bicyclic) bond motifs is 2. The van der Waals surface area contributed by atoms with Crippen LogP contribution < -0.4 is 0 Å². The highest BCUT2D eigenvalue weighted by Crippen LogP contribution is 2.33. The number of nitrogens with zero attached hydrogens (tertiary/aromatic N) is 1. The first-order valence-corrected chi connectivity index (χ1v) is 9.23. The third-order valence-electron chi connectivity index (χ3n) is 5.96. The van der Waals surface area contributed by atoms with Crippen LogP contribution in [0.1, 0.15) is 40.7 Å². The van der Waals surface area contributed by atoms with E-state index < -0.39 is 0 Å². The van der Waals surface area contributed by atoms with Gasteiger partial charge in [-0.2, -0.15) is 0 Å². The molecule has 5 rings (SSSR count). The van der Waals surface area contributed by atoms with Crippen molar-refractivity contribution in [3.63, 3.8) is 0 Å². The molecule has 1 saturated heterocycles. The van der Waals surface area contributed by atoms with Gasteiger partial charge < -0.3 is 5.11 Å². The van der Waals surface area contributed by atoms with Crippen molar-refractivity contribution >= 4 is 0 Å². The topological polar surface area (TPSA) is 23.5 Å². The summed E-state index contributed by atoms with van der Waals surface area (Å²) >= 11 is 0. The highest BCUT2D eigenvalue weighted by molar-refractivity contribution is 5.32. The van der Waals surface area contributed by atoms with Gasteiger partial charge in [-0.05, 0) is 66.3 Å². The number of hydrogen-bond acceptors (Lipinski definition) is 2. The number of aliphatic hydroxyl groups is 1. The molecule has 2 aromatic carbocycles. The Labute approximate surface area is 145 Å². The van der Waals surface area contributed by atoms with E-state index in [1.165, 1.54) is 43.4 Å². The molecule has 2 unspecified atom stereocenters. The summed E-state index contributed by atoms with van der Waals surface area (Å²) in [7, 11) is 0. The Morgan fingerprint density at radius 1 is 1.04 bits per heavy atom. The summed E-state index contributed by atoms with van der Waals surface area (Å²) in [5.74, 6) is 0.792. The predicted octanol–water partition coefficient (Wildman–Crippen LogP) is 3.87. The van der Waals surface area contributed by atoms with Crippen LogP contribution in [0.25, 0.3) is 0 Å². The molecular formula is C22H27NO. The number of aryl methyl sites for hydroxylation is 1. The minimum Gasteiger partial charge on any atom is -0.392 e. The molecule has 2 nitrogen and oxygen atoms in total. The van der Waals surface area contributed by atoms with Crippen molar-refractivity contribution in [2.24, 2.45) is 5.92 Å². The summed E-state index contributed by atoms with van der Waals surface area (Å²) in [5, 5.41) is 9.37. The molecule has 0 amide bonds. The largest absolute Gasteiger partial charge is 0.392 e. The molecule has 0 radical (unpaired) electrons. The van der Waals surface area contributed by atoms with Crippen LogP contribution in [0.3, 0.4) is 0 Å². The Balaban J connectivity index is 1.56. The molecule has 2 atom stereocenters. The molecule has 2 heteroatoms. The maximum atomic E-state index is 9.37. The monoisotopic (exact) mass is 321 g/mol. The molecule has 2 bridgehead atoms. The highest BCUT2D eigenvalue weighted by atomic mass is 16.3. The lowest BCUT2D eigenvalue weighted by molar-refractivity contribution is 0.0938. The highest BCUT2D eigenvalue weighted by Gasteiger charge is 2.31. The Morgan fingerprint density at radius 3 is 2.58 bits per heavy atom. The summed E-state index contributed by atoms with van der Waals surface area (Å²) in [6.07, 6.45) is 5.13. The average Bonchev–Trinajstić information content (AvgIpc) is 2.56. The lowest BCUT2D eigenvalue weighted by Crippen LogP contribution is -2.46. The number of benzene rings is 2. The Morgan fingerprint density at radius 2 is 1.83 bits per heavy atom. The number of piperidine rings is 1. The van der Waals surface area contributed by atoms with Crippen molar-refractivity contribution in [1.29, 1.82) is 0 Å². The van der Waals surface area contributed by atoms with Gasteiger partial charge in [-0.1, -0.05) is 42.5 Å². The summed E-state index contributed by atoms with van der Waals surface area (Å²) in [4.78, 5) is 2.71. The first-order valence-electron chi connectivity index (χ1n) is 9.23. The van der Waals surface area contributed by atoms with Crippen LogP contribution in [-0.4, -0.2) is 22.6 Å². The molecule has 3 aliphatic rings. The lowest BCUT2D eigenvalue weighted by Gasteiger charge is -2.42. The SMILES string of the molecule is Cc1cc(CN2CC3CCC2Cc2ccccc2C3)ccc1CO. The summed E-state index contributed by atoms with van der Waals surface area (Å²) in [5.41, 5.74) is 6.77. The Hall–Kier alpha value is -1.64. The van der Waals surface area contributed by atoms with Gasteiger partial charge in [0, 0.05) is 19.1 Å². The van der Waals surface area contributed by atoms with Crippen LogP contribution in [0, 0.1) is 12.8 Å². The van der Waals surface area contributed by atoms with Crippen LogP contribution in [0.15, 0.2) is 42.5 Å². The van der Waals surface area contributed by atoms with E-state index in [2.05, 4.69) is 54.3 Å². The van der Waals surface area contributed by atoms with E-state index in [-0.39, 0.29) is 6.61 Å². The third-order valence-corrected chi connectivity index (χ3v) is 5.96. The minimum absolute atomic E-state index is 0.136. The van der Waals surface area contributed by atoms with Crippen molar-refractivity contribution in [2.75, 3.05) is 6.54 Å². The standard InChI is InChI=1S/C22H27NO/c1-16-10-17(6-8-21(16)15-24)13-23-14-18-7-9-22(23)12-20-5-3-2-4-19(20)11-18/h2-6,8,10,18,22,24H,7,9,11-15H2,1H3. The minimum atomic E-state index is 0.136. The van der Waals surface area contributed by atoms with Gasteiger partial charge in [0.2, 0.25) is 0 Å². The second-order valence-corrected chi connectivity index (χ2v) is 7.62. The molecule has 126 valence electrons. The fourth-order valence-corrected chi connectivity index (χ4v) is 4.56. The van der Waals surface area contributed by atoms with Gasteiger partial charge in [0.05, 0.1) is 6.61 Å². The van der Waals surface area contributed by atoms with Gasteiger partial charge in [0.15, 0.2) is 0 Å². The quantitative estimate of drug-likeness (QED) is 0.928. The molecule has 0 spiro atoms. The predicted molar refractivity (Wildman–Crippen MR) is 97.9 cm³/mol. The van der Waals surface area contributed by atoms with Crippen LogP contribution >= 0.6 is 0 Å². The van der Waals surface area contributed by atoms with Gasteiger partial charge in [0.25, 0.3) is 0 Å². The third kappa shape index (κ3) is 3.13. The van der Waals surface area contributed by atoms with E-state index in [0.717, 1.165) is 18.0 Å². The maximum Gasteiger partial charge on any atom is 0.0684 e. The van der Waals surface area contributed by atoms with Crippen molar-refractivity contribution in [2.45, 2.75) is 51.8 Å². The Bertz CT molecular complexity index is 724. The first-order chi connectivity index (χ1) is 11.7. The second kappa shape index (κ2) is 6.70. The van der Waals surface area contributed by atoms with E-state index >= 15 is 0 Å². The van der Waals surface area contributed by atoms with E-state index in [9.17, 15) is 5.11 Å². The zero-order valence-electron chi connectivity index (χ0n) is 14.5. The normalized spacial score (nSPS) is 23.6. The lowest BCUT2D eigenvalue weighted by atomic mass is 9.80. The zero-order valence-corrected chi connectivity index (χ0v) is 14.5. The molecule has 24 heavy (non-hydrogen) atoms. The first kappa shape index (κ1) is 15.9. The number of aliphatic hydroxyl groups excluding tert-OH is 1. The van der Waals surface area contributed by atoms with E-state index in [0.29, 0.717) is 6.04 Å². The molecule has 2 heterocycles. The van der Waals surface area contributed by atoms with Gasteiger partial charge in [0.1, 0.15) is 0 Å². The van der Waals surface area contributed by atoms with E-state index in [1.807, 2.05) is 0 Å². The van der Waals surface area contributed by atoms with Crippen molar-refractivity contribution in [1.82, 2.24) is 4.90 Å². The van der Waals surface area contributed by atoms with Gasteiger partial charge in [-0.3, -0.25) is 4.90 Å². The van der Waals surface area contributed by atoms with Gasteiger partial charge in [-0.15, -0.1) is 0 Å². The maximum absolute atomic E-state index is 9.37. The van der Waals surface area contributed by atoms with Gasteiger partial charge in [-0.25, -0.2) is 0 Å². The molecule has 2 aliphatic heterocycles. The molecule has 1 aliphatic carbocycles. The van der Waals surface area contributed by atoms with E-state index in [4.69, 9.17) is 0 Å². The number of rotatable bonds is 3. The van der Waals surface area contributed by atoms with Crippen LogP contribution in [0.5, 0.6) is 0 Å². The molecule has 0 saturated carbocycles. The fourth-order valence-electron chi connectivity index (χ4n) is 4.56. The molecule has 2 aromatic rings. The number of hydrogen-bond donors (Lipinski definition) is 1. The summed E-state index contributed by atoms with van der Waals surface area (Å²) < 4.78 is 0. The zero-order chi connectivity index (χ0) is 16.5. The molecular weight excluding hydrogens is 294 g/mol. The molecule has 0 aromatic heterocycles. The molecule has 1 fully saturated rings. The van der Waals surface area contributed by atoms with E-state index in [1.54, 1.807) is 11.1 Å². The van der Waals surface area contributed by atoms with Crippen molar-refractivity contribution in [3.8, 4) is 0 Å². The van der Waals surface area contributed by atoms with Crippen LogP contribution in [0.4, 0.5) is 0 Å².